The number of para-hydroxylation sites is 1. The van der Waals surface area contributed by atoms with Crippen molar-refractivity contribution in [3.63, 3.8) is 0 Å². The molecule has 0 fully saturated rings. The fourth-order valence-electron chi connectivity index (χ4n) is 7.89. The highest BCUT2D eigenvalue weighted by Crippen LogP contribution is 2.44. The molecule has 0 atom stereocenters. The van der Waals surface area contributed by atoms with Crippen LogP contribution in [0.25, 0.3) is 120 Å². The molecule has 4 nitrogen and oxygen atoms in total. The highest BCUT2D eigenvalue weighted by molar-refractivity contribution is 7.26. The van der Waals surface area contributed by atoms with Crippen LogP contribution in [-0.4, -0.2) is 15.0 Å². The molecule has 0 aliphatic carbocycles. The third-order valence-electron chi connectivity index (χ3n) is 10.8. The van der Waals surface area contributed by atoms with Crippen molar-refractivity contribution in [1.82, 2.24) is 15.0 Å². The van der Waals surface area contributed by atoms with E-state index in [1.54, 1.807) is 23.5 Å². The van der Waals surface area contributed by atoms with E-state index in [1.807, 2.05) is 66.7 Å². The second kappa shape index (κ2) is 13.3. The van der Waals surface area contributed by atoms with Gasteiger partial charge in [0.25, 0.3) is 0 Å². The van der Waals surface area contributed by atoms with Crippen molar-refractivity contribution < 1.29 is 20.9 Å². The van der Waals surface area contributed by atoms with E-state index in [0.29, 0.717) is 16.7 Å². The summed E-state index contributed by atoms with van der Waals surface area (Å²) >= 11 is 1.69. The van der Waals surface area contributed by atoms with Crippen LogP contribution >= 0.6 is 11.3 Å². The first-order chi connectivity index (χ1) is 34.1. The lowest BCUT2D eigenvalue weighted by Crippen LogP contribution is -2.00. The van der Waals surface area contributed by atoms with Crippen molar-refractivity contribution in [2.24, 2.45) is 0 Å². The largest absolute Gasteiger partial charge is 0.455 e. The zero-order chi connectivity index (χ0) is 49.5. The minimum absolute atomic E-state index is 0.0102. The fourth-order valence-corrected chi connectivity index (χ4v) is 9.11. The second-order valence-corrected chi connectivity index (χ2v) is 15.3. The first-order valence-corrected chi connectivity index (χ1v) is 19.7. The molecule has 3 heterocycles. The molecule has 3 aromatic heterocycles. The first kappa shape index (κ1) is 23.7. The van der Waals surface area contributed by atoms with Crippen LogP contribution in [0.4, 0.5) is 0 Å². The number of benzene rings is 9. The van der Waals surface area contributed by atoms with Gasteiger partial charge in [0, 0.05) is 53.2 Å². The molecule has 0 radical (unpaired) electrons. The Bertz CT molecular complexity index is 4300. The Kier molecular flexibility index (Phi) is 5.34. The van der Waals surface area contributed by atoms with E-state index in [2.05, 4.69) is 24.3 Å². The third kappa shape index (κ3) is 5.54. The molecule has 0 saturated carbocycles. The number of furan rings is 1. The molecule has 276 valence electrons. The zero-order valence-electron chi connectivity index (χ0n) is 43.1. The summed E-state index contributed by atoms with van der Waals surface area (Å²) in [6.45, 7) is 1.44. The number of rotatable bonds is 5. The van der Waals surface area contributed by atoms with Crippen molar-refractivity contribution in [3.8, 4) is 56.4 Å². The van der Waals surface area contributed by atoms with E-state index < -0.39 is 42.3 Å². The van der Waals surface area contributed by atoms with E-state index in [4.69, 9.17) is 29.0 Å². The number of fused-ring (bicyclic) bond motifs is 9. The summed E-state index contributed by atoms with van der Waals surface area (Å²) in [6.07, 6.45) is 0. The van der Waals surface area contributed by atoms with Gasteiger partial charge in [-0.2, -0.15) is 0 Å². The van der Waals surface area contributed by atoms with Gasteiger partial charge in [-0.05, 0) is 87.1 Å². The van der Waals surface area contributed by atoms with Gasteiger partial charge >= 0.3 is 0 Å². The smallest absolute Gasteiger partial charge is 0.164 e. The lowest BCUT2D eigenvalue weighted by molar-refractivity contribution is 0.670. The van der Waals surface area contributed by atoms with Gasteiger partial charge in [0.15, 0.2) is 17.5 Å². The van der Waals surface area contributed by atoms with Crippen LogP contribution in [0, 0.1) is 6.92 Å². The van der Waals surface area contributed by atoms with E-state index >= 15 is 0 Å². The minimum atomic E-state index is -0.586. The monoisotopic (exact) mass is 783 g/mol. The topological polar surface area (TPSA) is 51.8 Å². The lowest BCUT2D eigenvalue weighted by atomic mass is 9.96. The predicted octanol–water partition coefficient (Wildman–Crippen LogP) is 15.1. The SMILES string of the molecule is [2H]c1cc2c(oc3c(-c4ccc5sc6c7ccccc7ccc6c5c4)cc([2H])c(-c4nc(-c5ccc6ccccc6c5)nc(-c5c([2H])c([2H])c(-c6c([2H])c([2H])c([2H])c([2H])c6C)c([2H])c5[2H])n4)c32)c([2H])c1[2H]. The van der Waals surface area contributed by atoms with Gasteiger partial charge < -0.3 is 4.42 Å². The van der Waals surface area contributed by atoms with E-state index in [-0.39, 0.29) is 97.4 Å². The van der Waals surface area contributed by atoms with Gasteiger partial charge in [0.05, 0.1) is 16.4 Å². The maximum absolute atomic E-state index is 9.86. The summed E-state index contributed by atoms with van der Waals surface area (Å²) in [5, 5.41) is 6.62. The summed E-state index contributed by atoms with van der Waals surface area (Å²) in [7, 11) is 0. The Morgan fingerprint density at radius 3 is 2.10 bits per heavy atom. The van der Waals surface area contributed by atoms with Crippen LogP contribution < -0.4 is 0 Å². The first-order valence-electron chi connectivity index (χ1n) is 24.9. The molecule has 0 aliphatic rings. The average Bonchev–Trinajstić information content (AvgIpc) is 3.95. The van der Waals surface area contributed by atoms with Crippen LogP contribution in [0.2, 0.25) is 0 Å². The van der Waals surface area contributed by atoms with Crippen LogP contribution in [0.3, 0.4) is 0 Å². The van der Waals surface area contributed by atoms with Gasteiger partial charge in [-0.3, -0.25) is 0 Å². The van der Waals surface area contributed by atoms with Crippen LogP contribution in [0.5, 0.6) is 0 Å². The van der Waals surface area contributed by atoms with Gasteiger partial charge in [0.2, 0.25) is 0 Å². The van der Waals surface area contributed by atoms with Crippen LogP contribution in [0.1, 0.15) is 22.0 Å². The average molecular weight is 784 g/mol. The molecule has 0 amide bonds. The summed E-state index contributed by atoms with van der Waals surface area (Å²) in [4.78, 5) is 14.6. The van der Waals surface area contributed by atoms with Crippen molar-refractivity contribution in [1.29, 1.82) is 0 Å². The molecular formula is C54H33N3OS. The molecule has 12 aromatic rings. The number of hydrogen-bond donors (Lipinski definition) is 0. The van der Waals surface area contributed by atoms with Crippen LogP contribution in [-0.2, 0) is 0 Å². The Morgan fingerprint density at radius 2 is 1.20 bits per heavy atom. The number of hydrogen-bond acceptors (Lipinski definition) is 5. The quantitative estimate of drug-likeness (QED) is 0.174. The van der Waals surface area contributed by atoms with Crippen LogP contribution in [0.15, 0.2) is 186 Å². The molecule has 12 rings (SSSR count). The fraction of sp³-hybridized carbons (Fsp3) is 0.0185. The molecule has 0 spiro atoms. The summed E-state index contributed by atoms with van der Waals surface area (Å²) < 4.78 is 116. The molecule has 0 unspecified atom stereocenters. The normalized spacial score (nSPS) is 14.7. The minimum Gasteiger partial charge on any atom is -0.455 e. The molecular weight excluding hydrogens is 739 g/mol. The maximum atomic E-state index is 9.86. The molecule has 59 heavy (non-hydrogen) atoms. The van der Waals surface area contributed by atoms with Crippen molar-refractivity contribution in [2.75, 3.05) is 0 Å². The van der Waals surface area contributed by atoms with Crippen molar-refractivity contribution >= 4 is 75.0 Å². The van der Waals surface area contributed by atoms with E-state index in [1.165, 1.54) is 13.0 Å². The van der Waals surface area contributed by atoms with Crippen molar-refractivity contribution in [3.05, 3.63) is 187 Å². The molecule has 9 aromatic carbocycles. The van der Waals surface area contributed by atoms with E-state index in [0.717, 1.165) is 41.7 Å². The highest BCUT2D eigenvalue weighted by Gasteiger charge is 2.22. The number of aromatic nitrogens is 3. The maximum Gasteiger partial charge on any atom is 0.164 e. The molecule has 0 saturated heterocycles. The van der Waals surface area contributed by atoms with Crippen molar-refractivity contribution in [2.45, 2.75) is 6.92 Å². The second-order valence-electron chi connectivity index (χ2n) is 14.3. The molecule has 0 bridgehead atoms. The molecule has 0 aliphatic heterocycles. The Hall–Kier alpha value is -7.47. The number of nitrogens with zero attached hydrogens (tertiary/aromatic N) is 3. The summed E-state index contributed by atoms with van der Waals surface area (Å²) in [5.74, 6) is -0.335. The number of thiophene rings is 1. The Labute approximate surface area is 360 Å². The third-order valence-corrected chi connectivity index (χ3v) is 12.0. The van der Waals surface area contributed by atoms with Gasteiger partial charge in [-0.1, -0.05) is 145 Å². The lowest BCUT2D eigenvalue weighted by Gasteiger charge is -2.12. The van der Waals surface area contributed by atoms with Gasteiger partial charge in [-0.15, -0.1) is 11.3 Å². The Morgan fingerprint density at radius 1 is 0.475 bits per heavy atom. The standard InChI is InChI=1S/C54H33N3OS/c1-32-10-2-6-14-40(32)35-19-21-36(22-20-35)52-55-53(39-23-18-33-11-3-4-13-37(33)30-39)57-54(56-52)45-28-27-41(50-49(45)44-16-8-9-17-47(44)58-50)38-25-29-48-46(31-38)43-26-24-34-12-5-7-15-42(34)51(43)59-48/h2-31H,1H3/i2D,6D,8D,9D,10D,14D,17D,19D,20D,21D,22D,28D. The van der Waals surface area contributed by atoms with Gasteiger partial charge in [-0.25, -0.2) is 15.0 Å². The highest BCUT2D eigenvalue weighted by atomic mass is 32.1. The summed E-state index contributed by atoms with van der Waals surface area (Å²) in [5.41, 5.74) is 1.28. The predicted molar refractivity (Wildman–Crippen MR) is 247 cm³/mol. The Balaban J connectivity index is 1.14. The zero-order valence-corrected chi connectivity index (χ0v) is 31.9. The van der Waals surface area contributed by atoms with E-state index in [9.17, 15) is 6.85 Å². The molecule has 5 heteroatoms. The summed E-state index contributed by atoms with van der Waals surface area (Å²) in [6, 6.07) is 29.4. The van der Waals surface area contributed by atoms with Gasteiger partial charge in [0.1, 0.15) is 11.2 Å². The molecule has 0 N–H and O–H groups in total.